The third-order valence-electron chi connectivity index (χ3n) is 11.1. The number of carbonyl (C=O) groups excluding carboxylic acids is 2. The van der Waals surface area contributed by atoms with E-state index in [1.54, 1.807) is 0 Å². The summed E-state index contributed by atoms with van der Waals surface area (Å²) in [6.07, 6.45) is 33.7. The molecule has 0 unspecified atom stereocenters. The lowest BCUT2D eigenvalue weighted by Gasteiger charge is -2.40. The average Bonchev–Trinajstić information content (AvgIpc) is 3.13. The number of hydrogen-bond donors (Lipinski definition) is 0. The van der Waals surface area contributed by atoms with Gasteiger partial charge in [-0.25, -0.2) is 9.13 Å². The lowest BCUT2D eigenvalue weighted by molar-refractivity contribution is -0.697. The zero-order valence-electron chi connectivity index (χ0n) is 30.8. The largest absolute Gasteiger partial charge is 0.338 e. The molecule has 2 aromatic rings. The van der Waals surface area contributed by atoms with Crippen molar-refractivity contribution in [2.45, 2.75) is 155 Å². The van der Waals surface area contributed by atoms with E-state index in [-0.39, 0.29) is 11.8 Å². The number of hydrogen-bond acceptors (Lipinski definition) is 2. The van der Waals surface area contributed by atoms with Crippen molar-refractivity contribution in [3.05, 3.63) is 60.2 Å². The van der Waals surface area contributed by atoms with Gasteiger partial charge in [-0.1, -0.05) is 90.9 Å². The van der Waals surface area contributed by atoms with E-state index in [4.69, 9.17) is 0 Å². The Kier molecular flexibility index (Phi) is 17.5. The van der Waals surface area contributed by atoms with Gasteiger partial charge in [-0.3, -0.25) is 9.59 Å². The van der Waals surface area contributed by atoms with Crippen LogP contribution in [0.15, 0.2) is 49.1 Å². The van der Waals surface area contributed by atoms with Crippen LogP contribution in [0, 0.1) is 11.8 Å². The van der Waals surface area contributed by atoms with Crippen molar-refractivity contribution in [1.82, 2.24) is 9.80 Å². The van der Waals surface area contributed by atoms with Gasteiger partial charge >= 0.3 is 0 Å². The minimum atomic E-state index is 0.182. The SMILES string of the molecule is CCCCCCCCCC[n+]1cccc(C(=O)N2CCC(C3CCN(C(=O)c4ccc[n+](CCCCCCCCCC)c4)CC3)CC2)c1. The molecule has 2 fully saturated rings. The molecule has 4 heterocycles. The molecule has 2 aromatic heterocycles. The smallest absolute Gasteiger partial charge is 0.259 e. The van der Waals surface area contributed by atoms with Crippen LogP contribution in [-0.2, 0) is 13.1 Å². The number of rotatable bonds is 21. The molecule has 0 aromatic carbocycles. The van der Waals surface area contributed by atoms with Gasteiger partial charge < -0.3 is 9.80 Å². The summed E-state index contributed by atoms with van der Waals surface area (Å²) in [4.78, 5) is 31.0. The molecule has 0 N–H and O–H groups in total. The van der Waals surface area contributed by atoms with Crippen LogP contribution in [0.1, 0.15) is 163 Å². The van der Waals surface area contributed by atoms with Crippen molar-refractivity contribution in [2.75, 3.05) is 26.2 Å². The van der Waals surface area contributed by atoms with Crippen molar-refractivity contribution in [3.8, 4) is 0 Å². The van der Waals surface area contributed by atoms with Gasteiger partial charge in [0.15, 0.2) is 24.8 Å². The summed E-state index contributed by atoms with van der Waals surface area (Å²) in [5.41, 5.74) is 1.64. The maximum absolute atomic E-state index is 13.4. The molecule has 2 amide bonds. The fourth-order valence-corrected chi connectivity index (χ4v) is 7.94. The first-order valence-corrected chi connectivity index (χ1v) is 20.2. The number of likely N-dealkylation sites (tertiary alicyclic amines) is 2. The van der Waals surface area contributed by atoms with E-state index in [1.807, 2.05) is 24.3 Å². The number of amides is 2. The van der Waals surface area contributed by atoms with Gasteiger partial charge in [0.1, 0.15) is 24.2 Å². The Labute approximate surface area is 293 Å². The summed E-state index contributed by atoms with van der Waals surface area (Å²) in [5, 5.41) is 0. The first-order valence-electron chi connectivity index (χ1n) is 20.2. The van der Waals surface area contributed by atoms with Gasteiger partial charge in [0.25, 0.3) is 11.8 Å². The summed E-state index contributed by atoms with van der Waals surface area (Å²) in [6.45, 7) is 9.90. The summed E-state index contributed by atoms with van der Waals surface area (Å²) >= 11 is 0. The maximum Gasteiger partial charge on any atom is 0.259 e. The van der Waals surface area contributed by atoms with Gasteiger partial charge in [0, 0.05) is 51.2 Å². The number of nitrogens with zero attached hydrogens (tertiary/aromatic N) is 4. The minimum Gasteiger partial charge on any atom is -0.338 e. The standard InChI is InChI=1S/C42H68N4O2/c1-3-5-7-9-11-13-15-17-27-43-29-19-21-39(35-43)41(47)45-31-23-37(24-32-45)38-25-33-46(34-26-38)42(48)40-22-20-30-44(36-40)28-18-16-14-12-10-8-6-4-2/h19-22,29-30,35-38H,3-18,23-28,31-34H2,1-2H3/q+2. The van der Waals surface area contributed by atoms with E-state index in [1.165, 1.54) is 103 Å². The number of aromatic nitrogens is 2. The van der Waals surface area contributed by atoms with E-state index in [0.29, 0.717) is 11.8 Å². The van der Waals surface area contributed by atoms with Gasteiger partial charge in [-0.2, -0.15) is 0 Å². The predicted molar refractivity (Wildman–Crippen MR) is 196 cm³/mol. The molecular formula is C42H68N4O2+2. The van der Waals surface area contributed by atoms with Crippen LogP contribution >= 0.6 is 0 Å². The molecule has 0 radical (unpaired) electrons. The molecule has 48 heavy (non-hydrogen) atoms. The second-order valence-electron chi connectivity index (χ2n) is 14.9. The van der Waals surface area contributed by atoms with Crippen molar-refractivity contribution >= 4 is 11.8 Å². The molecule has 0 saturated carbocycles. The third-order valence-corrected chi connectivity index (χ3v) is 11.1. The van der Waals surface area contributed by atoms with E-state index in [2.05, 4.69) is 57.6 Å². The molecule has 4 rings (SSSR count). The third kappa shape index (κ3) is 12.9. The Morgan fingerprint density at radius 3 is 1.23 bits per heavy atom. The lowest BCUT2D eigenvalue weighted by Crippen LogP contribution is -2.45. The Morgan fingerprint density at radius 2 is 0.875 bits per heavy atom. The number of piperidine rings is 2. The molecule has 0 spiro atoms. The Bertz CT molecular complexity index is 1110. The van der Waals surface area contributed by atoms with E-state index < -0.39 is 0 Å². The molecule has 2 aliphatic rings. The maximum atomic E-state index is 13.4. The van der Waals surface area contributed by atoms with Gasteiger partial charge in [0.2, 0.25) is 0 Å². The molecular weight excluding hydrogens is 592 g/mol. The van der Waals surface area contributed by atoms with Crippen molar-refractivity contribution < 1.29 is 18.7 Å². The average molecular weight is 661 g/mol. The molecule has 0 atom stereocenters. The van der Waals surface area contributed by atoms with Crippen molar-refractivity contribution in [1.29, 1.82) is 0 Å². The van der Waals surface area contributed by atoms with Crippen molar-refractivity contribution in [2.24, 2.45) is 11.8 Å². The van der Waals surface area contributed by atoms with Crippen LogP contribution in [0.25, 0.3) is 0 Å². The topological polar surface area (TPSA) is 48.4 Å². The molecule has 266 valence electrons. The quantitative estimate of drug-likeness (QED) is 0.0992. The number of pyridine rings is 2. The zero-order chi connectivity index (χ0) is 33.8. The van der Waals surface area contributed by atoms with Crippen LogP contribution in [0.3, 0.4) is 0 Å². The van der Waals surface area contributed by atoms with Crippen LogP contribution in [0.5, 0.6) is 0 Å². The summed E-state index contributed by atoms with van der Waals surface area (Å²) < 4.78 is 4.41. The Morgan fingerprint density at radius 1 is 0.542 bits per heavy atom. The molecule has 6 heteroatoms. The van der Waals surface area contributed by atoms with Gasteiger partial charge in [-0.15, -0.1) is 0 Å². The first-order chi connectivity index (χ1) is 23.6. The highest BCUT2D eigenvalue weighted by molar-refractivity contribution is 5.94. The zero-order valence-corrected chi connectivity index (χ0v) is 30.8. The highest BCUT2D eigenvalue weighted by Gasteiger charge is 2.33. The van der Waals surface area contributed by atoms with Crippen LogP contribution in [0.2, 0.25) is 0 Å². The highest BCUT2D eigenvalue weighted by atomic mass is 16.2. The van der Waals surface area contributed by atoms with Gasteiger partial charge in [0.05, 0.1) is 0 Å². The normalized spacial score (nSPS) is 16.0. The molecule has 6 nitrogen and oxygen atoms in total. The van der Waals surface area contributed by atoms with Crippen molar-refractivity contribution in [3.63, 3.8) is 0 Å². The van der Waals surface area contributed by atoms with Crippen LogP contribution in [0.4, 0.5) is 0 Å². The summed E-state index contributed by atoms with van der Waals surface area (Å²) in [6, 6.07) is 8.03. The minimum absolute atomic E-state index is 0.182. The molecule has 2 saturated heterocycles. The fourth-order valence-electron chi connectivity index (χ4n) is 7.94. The van der Waals surface area contributed by atoms with E-state index >= 15 is 0 Å². The molecule has 0 aliphatic carbocycles. The number of aryl methyl sites for hydroxylation is 2. The van der Waals surface area contributed by atoms with E-state index in [9.17, 15) is 9.59 Å². The number of carbonyl (C=O) groups is 2. The fraction of sp³-hybridized carbons (Fsp3) is 0.714. The van der Waals surface area contributed by atoms with Crippen LogP contribution < -0.4 is 9.13 Å². The Balaban J connectivity index is 1.13. The Hall–Kier alpha value is -2.76. The number of unbranched alkanes of at least 4 members (excludes halogenated alkanes) is 14. The molecule has 2 aliphatic heterocycles. The highest BCUT2D eigenvalue weighted by Crippen LogP contribution is 2.33. The van der Waals surface area contributed by atoms with E-state index in [0.717, 1.165) is 76.1 Å². The predicted octanol–water partition coefficient (Wildman–Crippen LogP) is 8.95. The lowest BCUT2D eigenvalue weighted by atomic mass is 9.78. The monoisotopic (exact) mass is 661 g/mol. The molecule has 0 bridgehead atoms. The first kappa shape index (κ1) is 38.0. The summed E-state index contributed by atoms with van der Waals surface area (Å²) in [5.74, 6) is 1.67. The summed E-state index contributed by atoms with van der Waals surface area (Å²) in [7, 11) is 0. The van der Waals surface area contributed by atoms with Crippen LogP contribution in [-0.4, -0.2) is 47.8 Å². The van der Waals surface area contributed by atoms with Gasteiger partial charge in [-0.05, 0) is 62.5 Å². The second-order valence-corrected chi connectivity index (χ2v) is 14.9. The second kappa shape index (κ2) is 22.1.